The summed E-state index contributed by atoms with van der Waals surface area (Å²) in [4.78, 5) is 25.9. The van der Waals surface area contributed by atoms with Crippen LogP contribution in [0, 0.1) is 23.7 Å². The van der Waals surface area contributed by atoms with E-state index < -0.39 is 0 Å². The predicted octanol–water partition coefficient (Wildman–Crippen LogP) is 3.98. The molecule has 5 heteroatoms. The van der Waals surface area contributed by atoms with Crippen LogP contribution >= 0.6 is 0 Å². The van der Waals surface area contributed by atoms with Gasteiger partial charge < -0.3 is 4.57 Å². The van der Waals surface area contributed by atoms with Crippen molar-refractivity contribution in [3.05, 3.63) is 54.4 Å². The molecular formula is C23H25N3O2. The highest BCUT2D eigenvalue weighted by molar-refractivity contribution is 6.43. The third-order valence-electron chi connectivity index (χ3n) is 6.90. The first kappa shape index (κ1) is 17.4. The molecule has 4 atom stereocenters. The number of aromatic nitrogens is 1. The van der Waals surface area contributed by atoms with Gasteiger partial charge in [-0.05, 0) is 48.9 Å². The number of carbonyl (C=O) groups excluding carboxylic acids is 2. The number of rotatable bonds is 3. The van der Waals surface area contributed by atoms with Crippen molar-refractivity contribution in [3.8, 4) is 5.69 Å². The van der Waals surface area contributed by atoms with Crippen LogP contribution in [0.2, 0.25) is 0 Å². The maximum atomic E-state index is 13.0. The summed E-state index contributed by atoms with van der Waals surface area (Å²) in [5, 5.41) is 4.41. The Labute approximate surface area is 164 Å². The molecule has 144 valence electrons. The number of nitrogens with zero attached hydrogens (tertiary/aromatic N) is 2. The molecule has 1 heterocycles. The molecule has 3 fully saturated rings. The maximum Gasteiger partial charge on any atom is 0.273 e. The number of hydrogen-bond donors (Lipinski definition) is 1. The summed E-state index contributed by atoms with van der Waals surface area (Å²) in [6, 6.07) is 11.3. The molecule has 0 bridgehead atoms. The molecule has 5 rings (SSSR count). The van der Waals surface area contributed by atoms with Crippen LogP contribution in [-0.4, -0.2) is 22.0 Å². The van der Waals surface area contributed by atoms with E-state index in [1.165, 1.54) is 12.8 Å². The third kappa shape index (κ3) is 2.81. The summed E-state index contributed by atoms with van der Waals surface area (Å²) in [5.74, 6) is 1.40. The Morgan fingerprint density at radius 1 is 0.964 bits per heavy atom. The van der Waals surface area contributed by atoms with Crippen LogP contribution in [0.1, 0.15) is 48.9 Å². The molecule has 3 aliphatic rings. The number of para-hydroxylation sites is 1. The van der Waals surface area contributed by atoms with E-state index in [9.17, 15) is 9.59 Å². The van der Waals surface area contributed by atoms with Gasteiger partial charge in [0.15, 0.2) is 5.78 Å². The number of nitrogens with one attached hydrogen (secondary N) is 1. The standard InChI is InChI=1S/C23H25N3O2/c27-22-18-11-6-8-15-7-5-10-17(20(15)18)21(22)24-25-23(28)16-9-1-2-12-19(16)26-13-3-4-14-26/h1-4,9,12-15,17-18,20H,5-8,10-11H2,(H,25,28)/b24-21-. The van der Waals surface area contributed by atoms with Crippen molar-refractivity contribution < 1.29 is 9.59 Å². The zero-order chi connectivity index (χ0) is 19.1. The molecule has 28 heavy (non-hydrogen) atoms. The minimum atomic E-state index is -0.271. The molecule has 0 spiro atoms. The number of benzene rings is 1. The van der Waals surface area contributed by atoms with Gasteiger partial charge in [-0.1, -0.05) is 37.8 Å². The Balaban J connectivity index is 1.41. The average molecular weight is 375 g/mol. The van der Waals surface area contributed by atoms with E-state index in [4.69, 9.17) is 0 Å². The average Bonchev–Trinajstić information content (AvgIpc) is 3.36. The molecule has 3 aliphatic carbocycles. The Morgan fingerprint density at radius 3 is 2.46 bits per heavy atom. The lowest BCUT2D eigenvalue weighted by atomic mass is 9.65. The lowest BCUT2D eigenvalue weighted by Crippen LogP contribution is -2.33. The molecule has 1 amide bonds. The van der Waals surface area contributed by atoms with Gasteiger partial charge in [0, 0.05) is 24.2 Å². The molecule has 1 aromatic heterocycles. The molecule has 3 saturated carbocycles. The van der Waals surface area contributed by atoms with Gasteiger partial charge in [0.05, 0.1) is 11.3 Å². The Kier molecular flexibility index (Phi) is 4.38. The quantitative estimate of drug-likeness (QED) is 0.825. The number of ketones is 1. The van der Waals surface area contributed by atoms with E-state index in [1.54, 1.807) is 6.07 Å². The van der Waals surface area contributed by atoms with Gasteiger partial charge in [0.2, 0.25) is 0 Å². The number of hydrazone groups is 1. The summed E-state index contributed by atoms with van der Waals surface area (Å²) in [6.07, 6.45) is 10.6. The zero-order valence-electron chi connectivity index (χ0n) is 15.9. The Morgan fingerprint density at radius 2 is 1.68 bits per heavy atom. The SMILES string of the molecule is O=C(N/N=C1\C(=O)C2CCCC3CCCC1C32)c1ccccc1-n1cccc1. The van der Waals surface area contributed by atoms with Crippen molar-refractivity contribution in [1.82, 2.24) is 9.99 Å². The second kappa shape index (κ2) is 7.04. The normalized spacial score (nSPS) is 30.3. The van der Waals surface area contributed by atoms with Gasteiger partial charge in [-0.25, -0.2) is 5.43 Å². The van der Waals surface area contributed by atoms with Crippen molar-refractivity contribution in [2.24, 2.45) is 28.8 Å². The molecule has 4 unspecified atom stereocenters. The molecular weight excluding hydrogens is 350 g/mol. The second-order valence-electron chi connectivity index (χ2n) is 8.32. The van der Waals surface area contributed by atoms with Gasteiger partial charge in [-0.15, -0.1) is 0 Å². The van der Waals surface area contributed by atoms with Crippen LogP contribution in [0.25, 0.3) is 5.69 Å². The molecule has 1 aromatic carbocycles. The molecule has 0 radical (unpaired) electrons. The Bertz CT molecular complexity index is 929. The maximum absolute atomic E-state index is 13.0. The Hall–Kier alpha value is -2.69. The highest BCUT2D eigenvalue weighted by atomic mass is 16.2. The minimum Gasteiger partial charge on any atom is -0.323 e. The van der Waals surface area contributed by atoms with Crippen LogP contribution in [0.15, 0.2) is 53.9 Å². The number of amides is 1. The fraction of sp³-hybridized carbons (Fsp3) is 0.435. The fourth-order valence-electron chi connectivity index (χ4n) is 5.74. The molecule has 0 aliphatic heterocycles. The number of carbonyl (C=O) groups is 2. The topological polar surface area (TPSA) is 63.5 Å². The lowest BCUT2D eigenvalue weighted by molar-refractivity contribution is -0.118. The minimum absolute atomic E-state index is 0.131. The van der Waals surface area contributed by atoms with Crippen molar-refractivity contribution in [2.75, 3.05) is 0 Å². The van der Waals surface area contributed by atoms with E-state index in [2.05, 4.69) is 10.5 Å². The van der Waals surface area contributed by atoms with Gasteiger partial charge in [0.1, 0.15) is 5.71 Å². The molecule has 2 aromatic rings. The summed E-state index contributed by atoms with van der Waals surface area (Å²) in [6.45, 7) is 0. The van der Waals surface area contributed by atoms with Crippen LogP contribution in [0.5, 0.6) is 0 Å². The molecule has 0 saturated heterocycles. The van der Waals surface area contributed by atoms with E-state index in [0.717, 1.165) is 31.4 Å². The highest BCUT2D eigenvalue weighted by Crippen LogP contribution is 2.51. The monoisotopic (exact) mass is 375 g/mol. The summed E-state index contributed by atoms with van der Waals surface area (Å²) in [5.41, 5.74) is 4.67. The van der Waals surface area contributed by atoms with Crippen LogP contribution in [0.4, 0.5) is 0 Å². The molecule has 5 nitrogen and oxygen atoms in total. The second-order valence-corrected chi connectivity index (χ2v) is 8.32. The van der Waals surface area contributed by atoms with Crippen molar-refractivity contribution in [1.29, 1.82) is 0 Å². The van der Waals surface area contributed by atoms with Gasteiger partial charge in [-0.3, -0.25) is 9.59 Å². The van der Waals surface area contributed by atoms with Gasteiger partial charge >= 0.3 is 0 Å². The first-order valence-corrected chi connectivity index (χ1v) is 10.4. The first-order chi connectivity index (χ1) is 13.7. The molecule has 1 N–H and O–H groups in total. The van der Waals surface area contributed by atoms with E-state index in [0.29, 0.717) is 23.1 Å². The van der Waals surface area contributed by atoms with Crippen molar-refractivity contribution in [3.63, 3.8) is 0 Å². The van der Waals surface area contributed by atoms with Crippen LogP contribution < -0.4 is 5.43 Å². The smallest absolute Gasteiger partial charge is 0.273 e. The van der Waals surface area contributed by atoms with E-state index in [-0.39, 0.29) is 23.5 Å². The summed E-state index contributed by atoms with van der Waals surface area (Å²) >= 11 is 0. The summed E-state index contributed by atoms with van der Waals surface area (Å²) in [7, 11) is 0. The van der Waals surface area contributed by atoms with Gasteiger partial charge in [-0.2, -0.15) is 5.10 Å². The van der Waals surface area contributed by atoms with E-state index in [1.807, 2.05) is 47.3 Å². The first-order valence-electron chi connectivity index (χ1n) is 10.4. The van der Waals surface area contributed by atoms with Gasteiger partial charge in [0.25, 0.3) is 5.91 Å². The summed E-state index contributed by atoms with van der Waals surface area (Å²) < 4.78 is 1.91. The fourth-order valence-corrected chi connectivity index (χ4v) is 5.74. The van der Waals surface area contributed by atoms with Crippen molar-refractivity contribution >= 4 is 17.4 Å². The lowest BCUT2D eigenvalue weighted by Gasteiger charge is -2.39. The highest BCUT2D eigenvalue weighted by Gasteiger charge is 2.53. The third-order valence-corrected chi connectivity index (χ3v) is 6.90. The van der Waals surface area contributed by atoms with E-state index >= 15 is 0 Å². The van der Waals surface area contributed by atoms with Crippen LogP contribution in [0.3, 0.4) is 0 Å². The number of hydrogen-bond acceptors (Lipinski definition) is 3. The largest absolute Gasteiger partial charge is 0.323 e. The predicted molar refractivity (Wildman–Crippen MR) is 107 cm³/mol. The van der Waals surface area contributed by atoms with Crippen molar-refractivity contribution in [2.45, 2.75) is 38.5 Å². The zero-order valence-corrected chi connectivity index (χ0v) is 15.9. The number of Topliss-reactive ketones (excluding diaryl/α,β-unsaturated/α-hetero) is 1. The van der Waals surface area contributed by atoms with Crippen LogP contribution in [-0.2, 0) is 4.79 Å².